The number of para-hydroxylation sites is 1. The van der Waals surface area contributed by atoms with Gasteiger partial charge < -0.3 is 36.7 Å². The number of aliphatic imine (C=N–C) groups is 1. The molecule has 0 saturated heterocycles. The predicted molar refractivity (Wildman–Crippen MR) is 157 cm³/mol. The van der Waals surface area contributed by atoms with Gasteiger partial charge >= 0.3 is 5.97 Å². The van der Waals surface area contributed by atoms with Crippen LogP contribution in [0.1, 0.15) is 51.3 Å². The van der Waals surface area contributed by atoms with Crippen molar-refractivity contribution in [2.24, 2.45) is 16.5 Å². The zero-order chi connectivity index (χ0) is 30.1. The summed E-state index contributed by atoms with van der Waals surface area (Å²) in [6.45, 7) is 4.31. The van der Waals surface area contributed by atoms with E-state index in [0.717, 1.165) is 27.7 Å². The molecule has 1 amide bonds. The summed E-state index contributed by atoms with van der Waals surface area (Å²) in [5, 5.41) is 33.9. The molecule has 0 aliphatic rings. The Morgan fingerprint density at radius 3 is 2.41 bits per heavy atom. The van der Waals surface area contributed by atoms with Gasteiger partial charge in [0.2, 0.25) is 5.91 Å². The lowest BCUT2D eigenvalue weighted by molar-refractivity contribution is -0.142. The first-order valence-corrected chi connectivity index (χ1v) is 13.5. The summed E-state index contributed by atoms with van der Waals surface area (Å²) in [6.07, 6.45) is 0.951. The Labute approximate surface area is 238 Å². The summed E-state index contributed by atoms with van der Waals surface area (Å²) < 4.78 is 15.8. The first-order valence-electron chi connectivity index (χ1n) is 13.5. The van der Waals surface area contributed by atoms with Crippen molar-refractivity contribution in [3.05, 3.63) is 66.1 Å². The molecule has 10 nitrogen and oxygen atoms in total. The molecule has 2 aromatic carbocycles. The number of nitrogens with two attached hydrogens (primary N) is 2. The molecule has 0 aliphatic heterocycles. The molecule has 11 heteroatoms. The van der Waals surface area contributed by atoms with Crippen molar-refractivity contribution in [2.75, 3.05) is 6.54 Å². The number of carboxylic acid groups (broad SMARTS) is 1. The number of carboxylic acids is 1. The molecule has 8 N–H and O–H groups in total. The second-order valence-electron chi connectivity index (χ2n) is 10.2. The van der Waals surface area contributed by atoms with Crippen molar-refractivity contribution in [2.45, 2.75) is 63.8 Å². The number of aliphatic carboxylic acids is 1. The number of benzene rings is 2. The summed E-state index contributed by atoms with van der Waals surface area (Å²) in [7, 11) is 0. The number of rotatable bonds is 14. The molecule has 0 unspecified atom stereocenters. The van der Waals surface area contributed by atoms with Gasteiger partial charge in [0.1, 0.15) is 11.9 Å². The van der Waals surface area contributed by atoms with E-state index in [-0.39, 0.29) is 43.6 Å². The maximum absolute atomic E-state index is 13.7. The number of fused-ring (bicyclic) bond motifs is 1. The first-order chi connectivity index (χ1) is 19.5. The molecule has 41 heavy (non-hydrogen) atoms. The van der Waals surface area contributed by atoms with E-state index >= 15 is 0 Å². The number of guanidine groups is 1. The van der Waals surface area contributed by atoms with Crippen LogP contribution in [0, 0.1) is 5.82 Å². The molecule has 0 fully saturated rings. The number of carbonyl (C=O) groups is 2. The Morgan fingerprint density at radius 2 is 1.78 bits per heavy atom. The van der Waals surface area contributed by atoms with Crippen LogP contribution in [-0.4, -0.2) is 62.5 Å². The van der Waals surface area contributed by atoms with Gasteiger partial charge in [-0.3, -0.25) is 9.79 Å². The maximum Gasteiger partial charge on any atom is 0.326 e. The summed E-state index contributed by atoms with van der Waals surface area (Å²) in [5.74, 6) is -2.30. The smallest absolute Gasteiger partial charge is 0.326 e. The zero-order valence-electron chi connectivity index (χ0n) is 23.2. The van der Waals surface area contributed by atoms with Crippen molar-refractivity contribution in [1.82, 2.24) is 9.88 Å². The van der Waals surface area contributed by atoms with Crippen LogP contribution in [0.4, 0.5) is 4.39 Å². The van der Waals surface area contributed by atoms with E-state index < -0.39 is 30.1 Å². The number of nitrogens with zero attached hydrogens (tertiary/aromatic N) is 2. The van der Waals surface area contributed by atoms with E-state index in [0.29, 0.717) is 6.42 Å². The van der Waals surface area contributed by atoms with E-state index in [1.54, 1.807) is 24.3 Å². The minimum absolute atomic E-state index is 0.0711. The Morgan fingerprint density at radius 1 is 1.10 bits per heavy atom. The van der Waals surface area contributed by atoms with Crippen LogP contribution in [0.25, 0.3) is 28.1 Å². The van der Waals surface area contributed by atoms with E-state index in [1.165, 1.54) is 12.1 Å². The van der Waals surface area contributed by atoms with Gasteiger partial charge in [-0.2, -0.15) is 0 Å². The van der Waals surface area contributed by atoms with Crippen LogP contribution in [-0.2, 0) is 9.59 Å². The molecular weight excluding hydrogens is 529 g/mol. The molecule has 0 bridgehead atoms. The lowest BCUT2D eigenvalue weighted by atomic mass is 10.0. The van der Waals surface area contributed by atoms with E-state index in [1.807, 2.05) is 38.1 Å². The molecule has 3 rings (SSSR count). The number of aliphatic hydroxyl groups excluding tert-OH is 2. The first kappa shape index (κ1) is 31.3. The number of carbonyl (C=O) groups excluding carboxylic acids is 1. The molecule has 0 radical (unpaired) electrons. The molecule has 0 aliphatic carbocycles. The van der Waals surface area contributed by atoms with Gasteiger partial charge in [0.25, 0.3) is 0 Å². The second kappa shape index (κ2) is 14.4. The molecule has 0 saturated carbocycles. The Hall–Kier alpha value is -4.22. The SMILES string of the molecule is CC(C)n1c(C=C[C@H](O)C[C@H](O)CC(=O)N[C@@H](CCCN=C(N)N)C(=O)O)c(-c2ccc(F)cc2)c2ccccc21. The normalized spacial score (nSPS) is 13.8. The van der Waals surface area contributed by atoms with Crippen LogP contribution in [0.2, 0.25) is 0 Å². The highest BCUT2D eigenvalue weighted by atomic mass is 19.1. The topological polar surface area (TPSA) is 176 Å². The summed E-state index contributed by atoms with van der Waals surface area (Å²) in [6, 6.07) is 13.0. The number of aliphatic hydroxyl groups is 2. The average molecular weight is 568 g/mol. The average Bonchev–Trinajstić information content (AvgIpc) is 3.23. The lowest BCUT2D eigenvalue weighted by Crippen LogP contribution is -2.42. The highest BCUT2D eigenvalue weighted by molar-refractivity contribution is 6.01. The van der Waals surface area contributed by atoms with Crippen molar-refractivity contribution >= 4 is 34.8 Å². The Balaban J connectivity index is 1.72. The van der Waals surface area contributed by atoms with Crippen LogP contribution < -0.4 is 16.8 Å². The van der Waals surface area contributed by atoms with Gasteiger partial charge in [0, 0.05) is 41.2 Å². The molecule has 0 spiro atoms. The Kier molecular flexibility index (Phi) is 11.0. The number of halogens is 1. The molecule has 3 aromatic rings. The number of aromatic nitrogens is 1. The third-order valence-corrected chi connectivity index (χ3v) is 6.59. The predicted octanol–water partition coefficient (Wildman–Crippen LogP) is 3.17. The van der Waals surface area contributed by atoms with Gasteiger partial charge in [0.05, 0.1) is 18.6 Å². The number of amides is 1. The molecule has 220 valence electrons. The van der Waals surface area contributed by atoms with Crippen molar-refractivity contribution in [1.29, 1.82) is 0 Å². The van der Waals surface area contributed by atoms with Gasteiger partial charge in [-0.05, 0) is 56.5 Å². The van der Waals surface area contributed by atoms with Crippen molar-refractivity contribution < 1.29 is 29.3 Å². The standard InChI is InChI=1S/C30H38FN5O5/c1-18(2)36-25-8-4-3-6-23(25)28(19-9-11-20(31)12-10-19)26(36)14-13-21(37)16-22(38)17-27(39)35-24(29(40)41)7-5-15-34-30(32)33/h3-4,6,8-14,18,21-22,24,37-38H,5,7,15-17H2,1-2H3,(H,35,39)(H,40,41)(H4,32,33,34)/t21-,22-,24-/m0/s1. The zero-order valence-corrected chi connectivity index (χ0v) is 23.2. The number of hydrogen-bond donors (Lipinski definition) is 6. The van der Waals surface area contributed by atoms with E-state index in [9.17, 15) is 29.3 Å². The van der Waals surface area contributed by atoms with Crippen LogP contribution in [0.3, 0.4) is 0 Å². The Bertz CT molecular complexity index is 1400. The van der Waals surface area contributed by atoms with E-state index in [2.05, 4.69) is 14.9 Å². The minimum Gasteiger partial charge on any atom is -0.480 e. The number of hydrogen-bond acceptors (Lipinski definition) is 5. The maximum atomic E-state index is 13.7. The van der Waals surface area contributed by atoms with Crippen LogP contribution >= 0.6 is 0 Å². The van der Waals surface area contributed by atoms with Gasteiger partial charge in [-0.25, -0.2) is 9.18 Å². The van der Waals surface area contributed by atoms with E-state index in [4.69, 9.17) is 11.5 Å². The quantitative estimate of drug-likeness (QED) is 0.0984. The minimum atomic E-state index is -1.21. The third-order valence-electron chi connectivity index (χ3n) is 6.59. The fourth-order valence-corrected chi connectivity index (χ4v) is 4.79. The van der Waals surface area contributed by atoms with Crippen molar-refractivity contribution in [3.63, 3.8) is 0 Å². The third kappa shape index (κ3) is 8.63. The highest BCUT2D eigenvalue weighted by Crippen LogP contribution is 2.38. The fraction of sp³-hybridized carbons (Fsp3) is 0.367. The second-order valence-corrected chi connectivity index (χ2v) is 10.2. The van der Waals surface area contributed by atoms with Crippen molar-refractivity contribution in [3.8, 4) is 11.1 Å². The summed E-state index contributed by atoms with van der Waals surface area (Å²) >= 11 is 0. The largest absolute Gasteiger partial charge is 0.480 e. The monoisotopic (exact) mass is 567 g/mol. The molecule has 3 atom stereocenters. The summed E-state index contributed by atoms with van der Waals surface area (Å²) in [4.78, 5) is 27.7. The van der Waals surface area contributed by atoms with Gasteiger partial charge in [-0.15, -0.1) is 0 Å². The molecular formula is C30H38FN5O5. The number of nitrogens with one attached hydrogen (secondary N) is 1. The van der Waals surface area contributed by atoms with Crippen LogP contribution in [0.5, 0.6) is 0 Å². The van der Waals surface area contributed by atoms with Crippen LogP contribution in [0.15, 0.2) is 59.6 Å². The highest BCUT2D eigenvalue weighted by Gasteiger charge is 2.23. The lowest BCUT2D eigenvalue weighted by Gasteiger charge is -2.17. The molecule has 1 heterocycles. The van der Waals surface area contributed by atoms with Gasteiger partial charge in [0.15, 0.2) is 5.96 Å². The fourth-order valence-electron chi connectivity index (χ4n) is 4.79. The summed E-state index contributed by atoms with van der Waals surface area (Å²) in [5.41, 5.74) is 14.0. The molecule has 1 aromatic heterocycles. The van der Waals surface area contributed by atoms with Gasteiger partial charge in [-0.1, -0.05) is 36.4 Å².